The van der Waals surface area contributed by atoms with Crippen LogP contribution in [0.25, 0.3) is 33.4 Å². The Morgan fingerprint density at radius 3 is 2.74 bits per heavy atom. The molecule has 5 heterocycles. The van der Waals surface area contributed by atoms with Crippen LogP contribution in [0.3, 0.4) is 0 Å². The van der Waals surface area contributed by atoms with Crippen molar-refractivity contribution in [2.45, 2.75) is 25.9 Å². The number of fused-ring (bicyclic) bond motifs is 1. The summed E-state index contributed by atoms with van der Waals surface area (Å²) >= 11 is 6.76. The highest BCUT2D eigenvalue weighted by Crippen LogP contribution is 2.32. The molecule has 0 aliphatic carbocycles. The maximum atomic E-state index is 14.0. The highest BCUT2D eigenvalue weighted by Gasteiger charge is 2.19. The number of ether oxygens (including phenoxy) is 1. The molecule has 0 radical (unpaired) electrons. The largest absolute Gasteiger partial charge is 0.379 e. The van der Waals surface area contributed by atoms with Gasteiger partial charge < -0.3 is 10.1 Å². The van der Waals surface area contributed by atoms with Crippen LogP contribution in [0.1, 0.15) is 17.7 Å². The Balaban J connectivity index is 1.47. The lowest BCUT2D eigenvalue weighted by Gasteiger charge is -2.16. The third-order valence-corrected chi connectivity index (χ3v) is 6.88. The maximum absolute atomic E-state index is 14.0. The Kier molecular flexibility index (Phi) is 6.53. The molecule has 38 heavy (non-hydrogen) atoms. The number of anilines is 1. The first-order valence-electron chi connectivity index (χ1n) is 12.3. The van der Waals surface area contributed by atoms with Crippen molar-refractivity contribution in [1.29, 1.82) is 0 Å². The van der Waals surface area contributed by atoms with Crippen LogP contribution in [-0.4, -0.2) is 48.7 Å². The summed E-state index contributed by atoms with van der Waals surface area (Å²) in [6.45, 7) is 3.50. The molecule has 0 spiro atoms. The number of hydrogen-bond acceptors (Lipinski definition) is 8. The van der Waals surface area contributed by atoms with Gasteiger partial charge in [-0.05, 0) is 37.1 Å². The molecule has 6 rings (SSSR count). The third-order valence-electron chi connectivity index (χ3n) is 6.57. The van der Waals surface area contributed by atoms with E-state index in [2.05, 4.69) is 25.3 Å². The van der Waals surface area contributed by atoms with Crippen LogP contribution >= 0.6 is 11.6 Å². The van der Waals surface area contributed by atoms with E-state index in [1.807, 2.05) is 37.3 Å². The number of halogens is 1. The van der Waals surface area contributed by atoms with E-state index in [1.165, 1.54) is 0 Å². The van der Waals surface area contributed by atoms with E-state index in [1.54, 1.807) is 41.6 Å². The van der Waals surface area contributed by atoms with Crippen LogP contribution < -0.4 is 10.9 Å². The van der Waals surface area contributed by atoms with Crippen LogP contribution in [0, 0.1) is 6.92 Å². The zero-order chi connectivity index (χ0) is 26.1. The van der Waals surface area contributed by atoms with E-state index >= 15 is 0 Å². The third kappa shape index (κ3) is 4.73. The average Bonchev–Trinajstić information content (AvgIpc) is 3.44. The van der Waals surface area contributed by atoms with Crippen molar-refractivity contribution in [3.63, 3.8) is 0 Å². The van der Waals surface area contributed by atoms with Gasteiger partial charge in [-0.25, -0.2) is 4.98 Å². The summed E-state index contributed by atoms with van der Waals surface area (Å²) in [7, 11) is 0. The van der Waals surface area contributed by atoms with E-state index in [9.17, 15) is 4.79 Å². The summed E-state index contributed by atoms with van der Waals surface area (Å²) in [5.41, 5.74) is 4.65. The van der Waals surface area contributed by atoms with E-state index in [0.29, 0.717) is 47.5 Å². The first-order chi connectivity index (χ1) is 18.6. The zero-order valence-corrected chi connectivity index (χ0v) is 21.4. The molecule has 1 aliphatic heterocycles. The van der Waals surface area contributed by atoms with E-state index in [-0.39, 0.29) is 11.6 Å². The second-order valence-corrected chi connectivity index (χ2v) is 9.58. The Morgan fingerprint density at radius 2 is 1.97 bits per heavy atom. The summed E-state index contributed by atoms with van der Waals surface area (Å²) in [4.78, 5) is 36.2. The van der Waals surface area contributed by atoms with Gasteiger partial charge in [-0.1, -0.05) is 29.8 Å². The van der Waals surface area contributed by atoms with Crippen molar-refractivity contribution in [2.75, 3.05) is 18.5 Å². The second kappa shape index (κ2) is 10.3. The van der Waals surface area contributed by atoms with Crippen LogP contribution in [0.5, 0.6) is 0 Å². The van der Waals surface area contributed by atoms with Crippen molar-refractivity contribution in [3.8, 4) is 22.4 Å². The maximum Gasteiger partial charge on any atom is 0.260 e. The predicted octanol–water partition coefficient (Wildman–Crippen LogP) is 4.52. The fourth-order valence-electron chi connectivity index (χ4n) is 4.65. The number of aromatic nitrogens is 6. The molecular weight excluding hydrogens is 502 g/mol. The normalized spacial score (nSPS) is 15.2. The number of aryl methyl sites for hydroxylation is 1. The first kappa shape index (κ1) is 24.1. The molecule has 0 bridgehead atoms. The molecule has 0 saturated carbocycles. The number of rotatable bonds is 6. The van der Waals surface area contributed by atoms with E-state index in [0.717, 1.165) is 34.3 Å². The minimum atomic E-state index is -0.208. The van der Waals surface area contributed by atoms with Gasteiger partial charge in [-0.3, -0.25) is 24.3 Å². The summed E-state index contributed by atoms with van der Waals surface area (Å²) < 4.78 is 7.11. The molecule has 1 N–H and O–H groups in total. The first-order valence-corrected chi connectivity index (χ1v) is 12.7. The van der Waals surface area contributed by atoms with Gasteiger partial charge >= 0.3 is 0 Å². The second-order valence-electron chi connectivity index (χ2n) is 9.17. The van der Waals surface area contributed by atoms with E-state index < -0.39 is 0 Å². The molecule has 10 heteroatoms. The highest BCUT2D eigenvalue weighted by atomic mass is 35.5. The topological polar surface area (TPSA) is 108 Å². The predicted molar refractivity (Wildman–Crippen MR) is 146 cm³/mol. The van der Waals surface area contributed by atoms with Gasteiger partial charge in [0.05, 0.1) is 30.6 Å². The summed E-state index contributed by atoms with van der Waals surface area (Å²) in [6, 6.07) is 11.3. The lowest BCUT2D eigenvalue weighted by atomic mass is 10.0. The number of hydrogen-bond donors (Lipinski definition) is 1. The Hall–Kier alpha value is -4.21. The molecule has 0 amide bonds. The minimum Gasteiger partial charge on any atom is -0.379 e. The molecule has 1 aromatic carbocycles. The Morgan fingerprint density at radius 1 is 1.08 bits per heavy atom. The van der Waals surface area contributed by atoms with Gasteiger partial charge in [0.2, 0.25) is 5.95 Å². The molecular formula is C28H24ClN7O2. The number of nitrogens with one attached hydrogen (secondary N) is 1. The molecule has 5 aromatic rings. The Labute approximate surface area is 223 Å². The van der Waals surface area contributed by atoms with Crippen LogP contribution in [-0.2, 0) is 11.3 Å². The van der Waals surface area contributed by atoms with Gasteiger partial charge in [0.15, 0.2) is 0 Å². The quantitative estimate of drug-likeness (QED) is 0.345. The van der Waals surface area contributed by atoms with Crippen LogP contribution in [0.4, 0.5) is 5.95 Å². The molecule has 9 nitrogen and oxygen atoms in total. The van der Waals surface area contributed by atoms with Crippen molar-refractivity contribution in [1.82, 2.24) is 29.5 Å². The van der Waals surface area contributed by atoms with Crippen molar-refractivity contribution >= 4 is 28.6 Å². The number of nitrogens with zero attached hydrogens (tertiary/aromatic N) is 6. The van der Waals surface area contributed by atoms with Gasteiger partial charge in [-0.2, -0.15) is 4.98 Å². The van der Waals surface area contributed by atoms with Crippen molar-refractivity contribution < 1.29 is 4.74 Å². The number of pyridine rings is 2. The van der Waals surface area contributed by atoms with Crippen molar-refractivity contribution in [2.24, 2.45) is 0 Å². The lowest BCUT2D eigenvalue weighted by Crippen LogP contribution is -2.25. The van der Waals surface area contributed by atoms with Gasteiger partial charge in [0.25, 0.3) is 5.56 Å². The summed E-state index contributed by atoms with van der Waals surface area (Å²) in [6.07, 6.45) is 9.35. The molecule has 190 valence electrons. The SMILES string of the molecule is Cc1nccnc1-c1ccc(-c2cc3cnc(NC4CCOC4)nc3n(Cc3cccnc3)c2=O)c(Cl)c1. The van der Waals surface area contributed by atoms with Crippen LogP contribution in [0.2, 0.25) is 5.02 Å². The Bertz CT molecular complexity index is 1680. The number of benzene rings is 1. The van der Waals surface area contributed by atoms with Gasteiger partial charge in [0.1, 0.15) is 5.65 Å². The fraction of sp³-hybridized carbons (Fsp3) is 0.214. The molecule has 1 saturated heterocycles. The van der Waals surface area contributed by atoms with Gasteiger partial charge in [-0.15, -0.1) is 0 Å². The van der Waals surface area contributed by atoms with Crippen LogP contribution in [0.15, 0.2) is 72.2 Å². The highest BCUT2D eigenvalue weighted by molar-refractivity contribution is 6.33. The van der Waals surface area contributed by atoms with E-state index in [4.69, 9.17) is 21.3 Å². The lowest BCUT2D eigenvalue weighted by molar-refractivity contribution is 0.195. The molecule has 1 aliphatic rings. The molecule has 1 atom stereocenters. The fourth-order valence-corrected chi connectivity index (χ4v) is 4.93. The molecule has 1 unspecified atom stereocenters. The van der Waals surface area contributed by atoms with Gasteiger partial charge in [0, 0.05) is 64.7 Å². The summed E-state index contributed by atoms with van der Waals surface area (Å²) in [5, 5.41) is 4.48. The monoisotopic (exact) mass is 525 g/mol. The smallest absolute Gasteiger partial charge is 0.260 e. The minimum absolute atomic E-state index is 0.139. The summed E-state index contributed by atoms with van der Waals surface area (Å²) in [5.74, 6) is 0.460. The molecule has 4 aromatic heterocycles. The zero-order valence-electron chi connectivity index (χ0n) is 20.6. The average molecular weight is 526 g/mol. The standard InChI is InChI=1S/C28H24ClN7O2/c1-17-25(32-9-8-31-17)19-4-5-22(24(29)12-19)23-11-20-14-33-28(34-21-6-10-38-16-21)35-26(20)36(27(23)37)15-18-3-2-7-30-13-18/h2-5,7-9,11-14,21H,6,10,15-16H2,1H3,(H,33,34,35). The van der Waals surface area contributed by atoms with Crippen molar-refractivity contribution in [3.05, 3.63) is 94.0 Å². The molecule has 1 fully saturated rings.